The first-order valence-corrected chi connectivity index (χ1v) is 14.3. The third-order valence-corrected chi connectivity index (χ3v) is 7.73. The van der Waals surface area contributed by atoms with E-state index in [1.807, 2.05) is 30.0 Å². The Hall–Kier alpha value is -4.78. The molecule has 2 aromatic carbocycles. The number of benzene rings is 2. The maximum Gasteiger partial charge on any atom is 0.245 e. The fourth-order valence-corrected chi connectivity index (χ4v) is 5.48. The zero-order chi connectivity index (χ0) is 29.6. The summed E-state index contributed by atoms with van der Waals surface area (Å²) < 4.78 is 10.9. The molecule has 0 saturated carbocycles. The minimum Gasteiger partial charge on any atom is -0.497 e. The van der Waals surface area contributed by atoms with E-state index >= 15 is 0 Å². The largest absolute Gasteiger partial charge is 0.497 e. The maximum absolute atomic E-state index is 13.7. The predicted molar refractivity (Wildman–Crippen MR) is 158 cm³/mol. The number of Topliss-reactive ketones (excluding diaryl/α,β-unsaturated/α-hetero) is 1. The van der Waals surface area contributed by atoms with E-state index in [1.165, 1.54) is 7.11 Å². The lowest BCUT2D eigenvalue weighted by atomic mass is 10.0. The Balaban J connectivity index is 1.46. The quantitative estimate of drug-likeness (QED) is 0.221. The second-order valence-electron chi connectivity index (χ2n) is 10.7. The van der Waals surface area contributed by atoms with E-state index in [0.29, 0.717) is 35.5 Å². The van der Waals surface area contributed by atoms with Crippen molar-refractivity contribution < 1.29 is 23.5 Å². The summed E-state index contributed by atoms with van der Waals surface area (Å²) in [4.78, 5) is 43.6. The second-order valence-corrected chi connectivity index (χ2v) is 10.7. The molecule has 10 heteroatoms. The number of anilines is 1. The van der Waals surface area contributed by atoms with Crippen molar-refractivity contribution in [2.45, 2.75) is 45.1 Å². The van der Waals surface area contributed by atoms with Gasteiger partial charge in [-0.3, -0.25) is 14.4 Å². The summed E-state index contributed by atoms with van der Waals surface area (Å²) in [5, 5.41) is 17.5. The SMILES string of the molecule is COc1ccc(C(=O)C(C#N)=C(Nc2ccc3oc(C)cc3c2)N[C@H]2CCCCN(CC(=O)N3CCCC3)C2=O)cc1. The Bertz CT molecular complexity index is 1550. The molecular weight excluding hydrogens is 534 g/mol. The molecule has 5 rings (SSSR count). The lowest BCUT2D eigenvalue weighted by Gasteiger charge is -2.28. The lowest BCUT2D eigenvalue weighted by Crippen LogP contribution is -2.49. The number of furan rings is 1. The summed E-state index contributed by atoms with van der Waals surface area (Å²) in [5.74, 6) is 0.695. The fraction of sp³-hybridized carbons (Fsp3) is 0.375. The molecule has 2 fully saturated rings. The highest BCUT2D eigenvalue weighted by Gasteiger charge is 2.32. The average molecular weight is 570 g/mol. The van der Waals surface area contributed by atoms with Crippen LogP contribution in [0.15, 0.2) is 64.3 Å². The summed E-state index contributed by atoms with van der Waals surface area (Å²) in [7, 11) is 1.54. The zero-order valence-electron chi connectivity index (χ0n) is 23.9. The minimum atomic E-state index is -0.728. The number of carbonyl (C=O) groups is 3. The monoisotopic (exact) mass is 569 g/mol. The first kappa shape index (κ1) is 28.7. The van der Waals surface area contributed by atoms with Crippen LogP contribution in [0.5, 0.6) is 5.75 Å². The molecule has 2 saturated heterocycles. The Morgan fingerprint density at radius 3 is 2.50 bits per heavy atom. The Morgan fingerprint density at radius 2 is 1.79 bits per heavy atom. The highest BCUT2D eigenvalue weighted by Crippen LogP contribution is 2.25. The van der Waals surface area contributed by atoms with Crippen molar-refractivity contribution in [2.75, 3.05) is 38.6 Å². The smallest absolute Gasteiger partial charge is 0.245 e. The van der Waals surface area contributed by atoms with Gasteiger partial charge >= 0.3 is 0 Å². The summed E-state index contributed by atoms with van der Waals surface area (Å²) in [6.07, 6.45) is 3.96. The molecule has 42 heavy (non-hydrogen) atoms. The first-order chi connectivity index (χ1) is 20.4. The van der Waals surface area contributed by atoms with Crippen LogP contribution in [-0.4, -0.2) is 66.7 Å². The highest BCUT2D eigenvalue weighted by molar-refractivity contribution is 6.12. The number of rotatable bonds is 9. The van der Waals surface area contributed by atoms with Crippen molar-refractivity contribution in [1.29, 1.82) is 5.26 Å². The van der Waals surface area contributed by atoms with E-state index in [9.17, 15) is 19.6 Å². The van der Waals surface area contributed by atoms with E-state index in [1.54, 1.807) is 35.2 Å². The van der Waals surface area contributed by atoms with E-state index in [2.05, 4.69) is 16.7 Å². The average Bonchev–Trinajstić information content (AvgIpc) is 3.63. The normalized spacial score (nSPS) is 17.8. The van der Waals surface area contributed by atoms with Crippen molar-refractivity contribution in [1.82, 2.24) is 15.1 Å². The summed E-state index contributed by atoms with van der Waals surface area (Å²) in [5.41, 5.74) is 1.46. The molecule has 218 valence electrons. The molecule has 0 unspecified atom stereocenters. The number of amides is 2. The van der Waals surface area contributed by atoms with E-state index in [0.717, 1.165) is 49.9 Å². The van der Waals surface area contributed by atoms with Gasteiger partial charge in [-0.15, -0.1) is 0 Å². The number of carbonyl (C=O) groups excluding carboxylic acids is 3. The maximum atomic E-state index is 13.7. The van der Waals surface area contributed by atoms with E-state index in [-0.39, 0.29) is 29.8 Å². The van der Waals surface area contributed by atoms with E-state index < -0.39 is 11.8 Å². The Morgan fingerprint density at radius 1 is 1.05 bits per heavy atom. The molecule has 2 aliphatic rings. The van der Waals surface area contributed by atoms with Gasteiger partial charge in [-0.25, -0.2) is 0 Å². The number of fused-ring (bicyclic) bond motifs is 1. The number of methoxy groups -OCH3 is 1. The number of nitrogens with zero attached hydrogens (tertiary/aromatic N) is 3. The lowest BCUT2D eigenvalue weighted by molar-refractivity contribution is -0.140. The molecule has 10 nitrogen and oxygen atoms in total. The standard InChI is InChI=1S/C32H35N5O5/c1-21-17-23-18-24(10-13-28(23)42-21)34-31(26(19-33)30(39)22-8-11-25(41-2)12-9-22)35-27-7-3-4-16-37(32(27)40)20-29(38)36-14-5-6-15-36/h8-13,17-18,27,34-35H,3-7,14-16,20H2,1-2H3/t27-/m0/s1. The molecule has 1 atom stereocenters. The van der Waals surface area contributed by atoms with Crippen LogP contribution in [0.2, 0.25) is 0 Å². The number of nitriles is 1. The third-order valence-electron chi connectivity index (χ3n) is 7.73. The molecule has 0 radical (unpaired) electrons. The Kier molecular flexibility index (Phi) is 8.77. The molecular formula is C32H35N5O5. The molecule has 1 aromatic heterocycles. The van der Waals surface area contributed by atoms with Crippen molar-refractivity contribution >= 4 is 34.3 Å². The van der Waals surface area contributed by atoms with Crippen molar-refractivity contribution in [3.05, 3.63) is 71.2 Å². The minimum absolute atomic E-state index is 0.0237. The number of likely N-dealkylation sites (tertiary alicyclic amines) is 2. The number of allylic oxidation sites excluding steroid dienone is 1. The zero-order valence-corrected chi connectivity index (χ0v) is 23.9. The van der Waals surface area contributed by atoms with Crippen LogP contribution in [0.4, 0.5) is 5.69 Å². The predicted octanol–water partition coefficient (Wildman–Crippen LogP) is 4.37. The van der Waals surface area contributed by atoms with Crippen LogP contribution in [0, 0.1) is 18.3 Å². The number of aryl methyl sites for hydroxylation is 1. The number of ether oxygens (including phenoxy) is 1. The van der Waals surface area contributed by atoms with Crippen LogP contribution >= 0.6 is 0 Å². The molecule has 3 heterocycles. The summed E-state index contributed by atoms with van der Waals surface area (Å²) in [6, 6.07) is 15.2. The second kappa shape index (κ2) is 12.8. The van der Waals surface area contributed by atoms with Gasteiger partial charge in [-0.2, -0.15) is 5.26 Å². The molecule has 2 amide bonds. The van der Waals surface area contributed by atoms with Gasteiger partial charge in [0.15, 0.2) is 0 Å². The van der Waals surface area contributed by atoms with Crippen LogP contribution in [0.3, 0.4) is 0 Å². The molecule has 0 spiro atoms. The highest BCUT2D eigenvalue weighted by atomic mass is 16.5. The van der Waals surface area contributed by atoms with Crippen LogP contribution in [0.25, 0.3) is 11.0 Å². The topological polar surface area (TPSA) is 128 Å². The van der Waals surface area contributed by atoms with Gasteiger partial charge in [0.1, 0.15) is 40.6 Å². The third kappa shape index (κ3) is 6.41. The van der Waals surface area contributed by atoms with Gasteiger partial charge in [0, 0.05) is 36.3 Å². The molecule has 2 N–H and O–H groups in total. The molecule has 3 aromatic rings. The van der Waals surface area contributed by atoms with Crippen molar-refractivity contribution in [3.63, 3.8) is 0 Å². The van der Waals surface area contributed by atoms with Gasteiger partial charge < -0.3 is 29.6 Å². The summed E-state index contributed by atoms with van der Waals surface area (Å²) in [6.45, 7) is 3.81. The van der Waals surface area contributed by atoms with Crippen LogP contribution < -0.4 is 15.4 Å². The fourth-order valence-electron chi connectivity index (χ4n) is 5.48. The first-order valence-electron chi connectivity index (χ1n) is 14.3. The number of hydrogen-bond donors (Lipinski definition) is 2. The van der Waals surface area contributed by atoms with E-state index in [4.69, 9.17) is 9.15 Å². The van der Waals surface area contributed by atoms with Crippen molar-refractivity contribution in [2.24, 2.45) is 0 Å². The van der Waals surface area contributed by atoms with Gasteiger partial charge in [-0.1, -0.05) is 0 Å². The number of hydrogen-bond acceptors (Lipinski definition) is 8. The summed E-state index contributed by atoms with van der Waals surface area (Å²) >= 11 is 0. The molecule has 0 bridgehead atoms. The van der Waals surface area contributed by atoms with Gasteiger partial charge in [0.2, 0.25) is 17.6 Å². The number of nitrogens with one attached hydrogen (secondary N) is 2. The molecule has 0 aliphatic carbocycles. The van der Waals surface area contributed by atoms with Crippen LogP contribution in [0.1, 0.15) is 48.2 Å². The van der Waals surface area contributed by atoms with Crippen LogP contribution in [-0.2, 0) is 9.59 Å². The van der Waals surface area contributed by atoms with Gasteiger partial charge in [0.05, 0.1) is 13.7 Å². The van der Waals surface area contributed by atoms with Gasteiger partial charge in [0.25, 0.3) is 0 Å². The van der Waals surface area contributed by atoms with Crippen molar-refractivity contribution in [3.8, 4) is 11.8 Å². The molecule has 2 aliphatic heterocycles. The Labute approximate surface area is 244 Å². The van der Waals surface area contributed by atoms with Gasteiger partial charge in [-0.05, 0) is 87.6 Å². The number of ketones is 1.